The number of carbonyl (C=O) groups excluding carboxylic acids is 1. The van der Waals surface area contributed by atoms with Crippen molar-refractivity contribution in [3.63, 3.8) is 0 Å². The molecule has 1 N–H and O–H groups in total. The van der Waals surface area contributed by atoms with Crippen LogP contribution in [0.1, 0.15) is 36.5 Å². The third-order valence-electron chi connectivity index (χ3n) is 3.83. The number of hydrogen-bond acceptors (Lipinski definition) is 3. The summed E-state index contributed by atoms with van der Waals surface area (Å²) in [6.45, 7) is 2.52. The van der Waals surface area contributed by atoms with Gasteiger partial charge in [0.1, 0.15) is 5.56 Å². The highest BCUT2D eigenvalue weighted by Gasteiger charge is 2.26. The van der Waals surface area contributed by atoms with Crippen molar-refractivity contribution >= 4 is 11.6 Å². The second-order valence-electron chi connectivity index (χ2n) is 5.53. The van der Waals surface area contributed by atoms with E-state index in [4.69, 9.17) is 0 Å². The second kappa shape index (κ2) is 6.15. The fraction of sp³-hybridized carbons (Fsp3) is 0.500. The van der Waals surface area contributed by atoms with Crippen molar-refractivity contribution in [1.82, 2.24) is 5.32 Å². The Labute approximate surface area is 120 Å². The molecule has 2 atom stereocenters. The summed E-state index contributed by atoms with van der Waals surface area (Å²) < 4.78 is 26.2. The summed E-state index contributed by atoms with van der Waals surface area (Å²) in [5.74, 6) is -2.44. The number of nitrogens with one attached hydrogen (secondary N) is 1. The molecule has 0 saturated heterocycles. The summed E-state index contributed by atoms with van der Waals surface area (Å²) >= 11 is 0. The Bertz CT molecular complexity index is 578. The molecule has 2 rings (SSSR count). The van der Waals surface area contributed by atoms with E-state index < -0.39 is 33.7 Å². The van der Waals surface area contributed by atoms with Gasteiger partial charge in [0, 0.05) is 6.54 Å². The zero-order chi connectivity index (χ0) is 15.6. The third-order valence-corrected chi connectivity index (χ3v) is 3.83. The lowest BCUT2D eigenvalue weighted by molar-refractivity contribution is -0.385. The fourth-order valence-electron chi connectivity index (χ4n) is 2.71. The van der Waals surface area contributed by atoms with E-state index in [0.29, 0.717) is 30.5 Å². The first kappa shape index (κ1) is 15.3. The minimum Gasteiger partial charge on any atom is -0.352 e. The van der Waals surface area contributed by atoms with Crippen LogP contribution in [0.15, 0.2) is 12.1 Å². The molecule has 1 aliphatic rings. The van der Waals surface area contributed by atoms with Crippen molar-refractivity contribution in [2.75, 3.05) is 6.54 Å². The number of nitro benzene ring substituents is 1. The Morgan fingerprint density at radius 3 is 2.62 bits per heavy atom. The van der Waals surface area contributed by atoms with Gasteiger partial charge in [-0.1, -0.05) is 13.3 Å². The Balaban J connectivity index is 2.11. The molecule has 0 spiro atoms. The first-order valence-electron chi connectivity index (χ1n) is 6.80. The average Bonchev–Trinajstić information content (AvgIpc) is 2.84. The minimum absolute atomic E-state index is 0.327. The van der Waals surface area contributed by atoms with Gasteiger partial charge < -0.3 is 5.32 Å². The average molecular weight is 298 g/mol. The van der Waals surface area contributed by atoms with E-state index in [9.17, 15) is 23.7 Å². The first-order chi connectivity index (χ1) is 9.88. The van der Waals surface area contributed by atoms with Crippen LogP contribution in [0.3, 0.4) is 0 Å². The number of nitro groups is 1. The van der Waals surface area contributed by atoms with Crippen molar-refractivity contribution < 1.29 is 18.5 Å². The lowest BCUT2D eigenvalue weighted by Crippen LogP contribution is -2.29. The van der Waals surface area contributed by atoms with Crippen molar-refractivity contribution in [1.29, 1.82) is 0 Å². The molecule has 1 saturated carbocycles. The number of nitrogens with zero attached hydrogens (tertiary/aromatic N) is 1. The van der Waals surface area contributed by atoms with Crippen molar-refractivity contribution in [2.45, 2.75) is 26.2 Å². The summed E-state index contributed by atoms with van der Waals surface area (Å²) in [5.41, 5.74) is -1.18. The van der Waals surface area contributed by atoms with Crippen LogP contribution in [0.5, 0.6) is 0 Å². The maximum atomic E-state index is 13.2. The predicted octanol–water partition coefficient (Wildman–Crippen LogP) is 3.04. The van der Waals surface area contributed by atoms with Crippen LogP contribution in [0.2, 0.25) is 0 Å². The van der Waals surface area contributed by atoms with Crippen molar-refractivity contribution in [2.24, 2.45) is 11.8 Å². The van der Waals surface area contributed by atoms with Gasteiger partial charge >= 0.3 is 0 Å². The summed E-state index contributed by atoms with van der Waals surface area (Å²) in [6.07, 6.45) is 3.06. The van der Waals surface area contributed by atoms with Gasteiger partial charge in [-0.15, -0.1) is 0 Å². The van der Waals surface area contributed by atoms with Gasteiger partial charge in [0.05, 0.1) is 11.0 Å². The van der Waals surface area contributed by atoms with Crippen LogP contribution in [0.25, 0.3) is 0 Å². The van der Waals surface area contributed by atoms with Crippen LogP contribution < -0.4 is 5.32 Å². The van der Waals surface area contributed by atoms with Crippen molar-refractivity contribution in [3.8, 4) is 0 Å². The number of halogens is 2. The number of benzene rings is 1. The van der Waals surface area contributed by atoms with Crippen LogP contribution in [0.4, 0.5) is 14.5 Å². The molecule has 0 radical (unpaired) electrons. The Morgan fingerprint density at radius 1 is 1.38 bits per heavy atom. The molecule has 0 heterocycles. The van der Waals surface area contributed by atoms with Gasteiger partial charge in [0.2, 0.25) is 0 Å². The largest absolute Gasteiger partial charge is 0.352 e. The van der Waals surface area contributed by atoms with E-state index in [-0.39, 0.29) is 0 Å². The highest BCUT2D eigenvalue weighted by Crippen LogP contribution is 2.30. The summed E-state index contributed by atoms with van der Waals surface area (Å²) in [7, 11) is 0. The number of rotatable bonds is 4. The summed E-state index contributed by atoms with van der Waals surface area (Å²) in [4.78, 5) is 21.9. The molecule has 1 aromatic rings. The van der Waals surface area contributed by atoms with Gasteiger partial charge in [0.15, 0.2) is 11.6 Å². The monoisotopic (exact) mass is 298 g/mol. The Hall–Kier alpha value is -2.05. The van der Waals surface area contributed by atoms with Crippen LogP contribution in [-0.2, 0) is 0 Å². The molecule has 21 heavy (non-hydrogen) atoms. The molecule has 0 bridgehead atoms. The lowest BCUT2D eigenvalue weighted by atomic mass is 10.1. The van der Waals surface area contributed by atoms with E-state index in [1.54, 1.807) is 0 Å². The van der Waals surface area contributed by atoms with Gasteiger partial charge in [-0.05, 0) is 30.7 Å². The number of carbonyl (C=O) groups is 1. The van der Waals surface area contributed by atoms with Crippen molar-refractivity contribution in [3.05, 3.63) is 39.4 Å². The highest BCUT2D eigenvalue weighted by atomic mass is 19.2. The van der Waals surface area contributed by atoms with Gasteiger partial charge in [-0.25, -0.2) is 8.78 Å². The minimum atomic E-state index is -1.34. The zero-order valence-corrected chi connectivity index (χ0v) is 11.6. The molecule has 5 nitrogen and oxygen atoms in total. The number of hydrogen-bond donors (Lipinski definition) is 1. The molecule has 1 aliphatic carbocycles. The molecule has 0 aromatic heterocycles. The van der Waals surface area contributed by atoms with Gasteiger partial charge in [-0.2, -0.15) is 0 Å². The molecule has 0 aliphatic heterocycles. The predicted molar refractivity (Wildman–Crippen MR) is 71.9 cm³/mol. The van der Waals surface area contributed by atoms with E-state index in [1.807, 2.05) is 0 Å². The molecule has 1 aromatic carbocycles. The third kappa shape index (κ3) is 3.53. The van der Waals surface area contributed by atoms with E-state index in [1.165, 1.54) is 0 Å². The van der Waals surface area contributed by atoms with Crippen LogP contribution in [0, 0.1) is 33.6 Å². The van der Waals surface area contributed by atoms with E-state index in [0.717, 1.165) is 19.3 Å². The molecule has 114 valence electrons. The lowest BCUT2D eigenvalue weighted by Gasteiger charge is -2.11. The Kier molecular flexibility index (Phi) is 4.50. The fourth-order valence-corrected chi connectivity index (χ4v) is 2.71. The molecule has 1 amide bonds. The SMILES string of the molecule is CC1CCC(CNC(=O)c2cc(F)c(F)cc2[N+](=O)[O-])C1. The normalized spacial score (nSPS) is 21.3. The molecule has 1 fully saturated rings. The van der Waals surface area contributed by atoms with Crippen LogP contribution in [-0.4, -0.2) is 17.4 Å². The molecule has 2 unspecified atom stereocenters. The zero-order valence-electron chi connectivity index (χ0n) is 11.6. The quantitative estimate of drug-likeness (QED) is 0.686. The summed E-state index contributed by atoms with van der Waals surface area (Å²) in [5, 5.41) is 13.4. The Morgan fingerprint density at radius 2 is 2.05 bits per heavy atom. The van der Waals surface area contributed by atoms with E-state index in [2.05, 4.69) is 12.2 Å². The molecular formula is C14H16F2N2O3. The van der Waals surface area contributed by atoms with E-state index >= 15 is 0 Å². The highest BCUT2D eigenvalue weighted by molar-refractivity contribution is 5.98. The second-order valence-corrected chi connectivity index (χ2v) is 5.53. The first-order valence-corrected chi connectivity index (χ1v) is 6.80. The summed E-state index contributed by atoms with van der Waals surface area (Å²) in [6, 6.07) is 1.00. The van der Waals surface area contributed by atoms with Gasteiger partial charge in [0.25, 0.3) is 11.6 Å². The smallest absolute Gasteiger partial charge is 0.285 e. The maximum Gasteiger partial charge on any atom is 0.285 e. The molecule has 7 heteroatoms. The topological polar surface area (TPSA) is 72.2 Å². The van der Waals surface area contributed by atoms with Gasteiger partial charge in [-0.3, -0.25) is 14.9 Å². The maximum absolute atomic E-state index is 13.2. The standard InChI is InChI=1S/C14H16F2N2O3/c1-8-2-3-9(4-8)7-17-14(19)10-5-11(15)12(16)6-13(10)18(20)21/h5-6,8-9H,2-4,7H2,1H3,(H,17,19). The number of amides is 1. The van der Waals surface area contributed by atoms with Crippen LogP contribution >= 0.6 is 0 Å². The molecular weight excluding hydrogens is 282 g/mol.